The maximum Gasteiger partial charge on any atom is 0.177 e. The van der Waals surface area contributed by atoms with Crippen LogP contribution in [0.4, 0.5) is 5.82 Å². The highest BCUT2D eigenvalue weighted by Crippen LogP contribution is 2.35. The molecule has 3 heterocycles. The summed E-state index contributed by atoms with van der Waals surface area (Å²) in [6.45, 7) is 4.36. The Morgan fingerprint density at radius 2 is 1.89 bits per heavy atom. The van der Waals surface area contributed by atoms with Gasteiger partial charge in [-0.15, -0.1) is 11.3 Å². The predicted molar refractivity (Wildman–Crippen MR) is 113 cm³/mol. The number of hydrogen-bond acceptors (Lipinski definition) is 5. The number of nitrogens with zero attached hydrogens (tertiary/aromatic N) is 2. The van der Waals surface area contributed by atoms with Crippen LogP contribution in [0.2, 0.25) is 0 Å². The molecule has 0 bridgehead atoms. The quantitative estimate of drug-likeness (QED) is 0.463. The molecule has 0 fully saturated rings. The van der Waals surface area contributed by atoms with Crippen molar-refractivity contribution < 1.29 is 4.52 Å². The standard InChI is InChI=1S/C22H23N3OS/c1-3-9-19-17(8-1)22(24-26-19)23-12-5-6-13-25-14-11-21-18(15-25)16-7-2-4-10-20(16)27-21/h1-4,7-10H,5-6,11-15H2,(H,23,24). The van der Waals surface area contributed by atoms with Gasteiger partial charge < -0.3 is 9.84 Å². The molecule has 5 rings (SSSR count). The van der Waals surface area contributed by atoms with Gasteiger partial charge in [-0.3, -0.25) is 4.90 Å². The first-order chi connectivity index (χ1) is 13.4. The molecule has 0 aliphatic carbocycles. The minimum Gasteiger partial charge on any atom is -0.367 e. The lowest BCUT2D eigenvalue weighted by Gasteiger charge is -2.27. The molecule has 1 aliphatic heterocycles. The third-order valence-corrected chi connectivity index (χ3v) is 6.66. The maximum atomic E-state index is 5.34. The molecule has 0 saturated carbocycles. The second-order valence-corrected chi connectivity index (χ2v) is 8.32. The van der Waals surface area contributed by atoms with Gasteiger partial charge in [0, 0.05) is 29.2 Å². The summed E-state index contributed by atoms with van der Waals surface area (Å²) in [5.41, 5.74) is 2.40. The minimum atomic E-state index is 0.840. The zero-order valence-corrected chi connectivity index (χ0v) is 16.1. The third kappa shape index (κ3) is 3.33. The van der Waals surface area contributed by atoms with Gasteiger partial charge in [0.25, 0.3) is 0 Å². The summed E-state index contributed by atoms with van der Waals surface area (Å²) in [6, 6.07) is 16.8. The van der Waals surface area contributed by atoms with E-state index in [4.69, 9.17) is 4.52 Å². The summed E-state index contributed by atoms with van der Waals surface area (Å²) < 4.78 is 6.78. The van der Waals surface area contributed by atoms with Crippen LogP contribution in [0, 0.1) is 0 Å². The summed E-state index contributed by atoms with van der Waals surface area (Å²) in [7, 11) is 0. The Hall–Kier alpha value is -2.37. The monoisotopic (exact) mass is 377 g/mol. The van der Waals surface area contributed by atoms with Crippen LogP contribution >= 0.6 is 11.3 Å². The lowest BCUT2D eigenvalue weighted by molar-refractivity contribution is 0.253. The van der Waals surface area contributed by atoms with Gasteiger partial charge in [0.05, 0.1) is 5.39 Å². The van der Waals surface area contributed by atoms with Crippen LogP contribution in [-0.2, 0) is 13.0 Å². The zero-order valence-electron chi connectivity index (χ0n) is 15.3. The van der Waals surface area contributed by atoms with Crippen molar-refractivity contribution in [1.29, 1.82) is 0 Å². The van der Waals surface area contributed by atoms with Crippen LogP contribution in [0.3, 0.4) is 0 Å². The molecule has 0 radical (unpaired) electrons. The van der Waals surface area contributed by atoms with Crippen molar-refractivity contribution in [3.63, 3.8) is 0 Å². The van der Waals surface area contributed by atoms with Gasteiger partial charge in [-0.25, -0.2) is 0 Å². The Bertz CT molecular complexity index is 1070. The molecule has 0 unspecified atom stereocenters. The van der Waals surface area contributed by atoms with Crippen LogP contribution in [0.15, 0.2) is 53.1 Å². The average Bonchev–Trinajstić information content (AvgIpc) is 3.29. The Labute approximate surface area is 162 Å². The highest BCUT2D eigenvalue weighted by atomic mass is 32.1. The van der Waals surface area contributed by atoms with Gasteiger partial charge in [0.15, 0.2) is 11.4 Å². The van der Waals surface area contributed by atoms with Gasteiger partial charge in [0.1, 0.15) is 0 Å². The van der Waals surface area contributed by atoms with Crippen molar-refractivity contribution in [2.45, 2.75) is 25.8 Å². The van der Waals surface area contributed by atoms with Crippen LogP contribution < -0.4 is 5.32 Å². The number of unbranched alkanes of at least 4 members (excludes halogenated alkanes) is 1. The molecule has 1 N–H and O–H groups in total. The van der Waals surface area contributed by atoms with Crippen LogP contribution in [-0.4, -0.2) is 29.7 Å². The van der Waals surface area contributed by atoms with E-state index in [1.54, 1.807) is 10.4 Å². The fourth-order valence-electron chi connectivity index (χ4n) is 3.96. The Kier molecular flexibility index (Phi) is 4.56. The van der Waals surface area contributed by atoms with Crippen molar-refractivity contribution in [1.82, 2.24) is 10.1 Å². The van der Waals surface area contributed by atoms with Gasteiger partial charge in [-0.05, 0) is 55.0 Å². The van der Waals surface area contributed by atoms with E-state index < -0.39 is 0 Å². The minimum absolute atomic E-state index is 0.840. The summed E-state index contributed by atoms with van der Waals surface area (Å²) in [4.78, 5) is 4.19. The van der Waals surface area contributed by atoms with Gasteiger partial charge >= 0.3 is 0 Å². The van der Waals surface area contributed by atoms with E-state index in [-0.39, 0.29) is 0 Å². The number of thiophene rings is 1. The zero-order chi connectivity index (χ0) is 18.1. The van der Waals surface area contributed by atoms with E-state index >= 15 is 0 Å². The van der Waals surface area contributed by atoms with Crippen LogP contribution in [0.1, 0.15) is 23.3 Å². The number of anilines is 1. The molecule has 0 saturated heterocycles. The summed E-state index contributed by atoms with van der Waals surface area (Å²) in [5, 5.41) is 10.1. The molecule has 5 heteroatoms. The molecular weight excluding hydrogens is 354 g/mol. The number of aromatic nitrogens is 1. The molecule has 138 valence electrons. The number of fused-ring (bicyclic) bond motifs is 4. The topological polar surface area (TPSA) is 41.3 Å². The molecule has 2 aromatic heterocycles. The van der Waals surface area contributed by atoms with E-state index in [2.05, 4.69) is 39.6 Å². The van der Waals surface area contributed by atoms with Crippen molar-refractivity contribution in [3.8, 4) is 0 Å². The average molecular weight is 378 g/mol. The Morgan fingerprint density at radius 1 is 1.04 bits per heavy atom. The van der Waals surface area contributed by atoms with Gasteiger partial charge in [0.2, 0.25) is 0 Å². The molecule has 27 heavy (non-hydrogen) atoms. The Balaban J connectivity index is 1.13. The number of rotatable bonds is 6. The first kappa shape index (κ1) is 16.8. The number of benzene rings is 2. The highest BCUT2D eigenvalue weighted by molar-refractivity contribution is 7.19. The predicted octanol–water partition coefficient (Wildman–Crippen LogP) is 5.29. The van der Waals surface area contributed by atoms with E-state index in [1.807, 2.05) is 35.6 Å². The van der Waals surface area contributed by atoms with Gasteiger partial charge in [-0.1, -0.05) is 35.5 Å². The summed E-state index contributed by atoms with van der Waals surface area (Å²) in [5.74, 6) is 0.859. The SMILES string of the molecule is c1ccc2c(NCCCCN3CCc4sc5ccccc5c4C3)noc2c1. The second-order valence-electron chi connectivity index (χ2n) is 7.19. The molecule has 0 amide bonds. The lowest BCUT2D eigenvalue weighted by Crippen LogP contribution is -2.30. The molecule has 0 spiro atoms. The van der Waals surface area contributed by atoms with Crippen molar-refractivity contribution in [2.75, 3.05) is 25.0 Å². The molecular formula is C22H23N3OS. The van der Waals surface area contributed by atoms with Gasteiger partial charge in [-0.2, -0.15) is 0 Å². The number of para-hydroxylation sites is 1. The van der Waals surface area contributed by atoms with E-state index in [0.717, 1.165) is 42.8 Å². The molecule has 4 aromatic rings. The molecule has 4 nitrogen and oxygen atoms in total. The lowest BCUT2D eigenvalue weighted by atomic mass is 10.0. The van der Waals surface area contributed by atoms with Crippen molar-refractivity contribution in [3.05, 3.63) is 59.0 Å². The van der Waals surface area contributed by atoms with E-state index in [9.17, 15) is 0 Å². The summed E-state index contributed by atoms with van der Waals surface area (Å²) >= 11 is 1.98. The number of nitrogens with one attached hydrogen (secondary N) is 1. The maximum absolute atomic E-state index is 5.34. The first-order valence-corrected chi connectivity index (χ1v) is 10.5. The van der Waals surface area contributed by atoms with Crippen LogP contribution in [0.25, 0.3) is 21.1 Å². The highest BCUT2D eigenvalue weighted by Gasteiger charge is 2.20. The molecule has 0 atom stereocenters. The fraction of sp³-hybridized carbons (Fsp3) is 0.318. The Morgan fingerprint density at radius 3 is 2.85 bits per heavy atom. The molecule has 1 aliphatic rings. The first-order valence-electron chi connectivity index (χ1n) is 9.68. The van der Waals surface area contributed by atoms with E-state index in [0.29, 0.717) is 0 Å². The van der Waals surface area contributed by atoms with Crippen molar-refractivity contribution >= 4 is 38.2 Å². The fourth-order valence-corrected chi connectivity index (χ4v) is 5.16. The normalized spacial score (nSPS) is 14.7. The second kappa shape index (κ2) is 7.33. The molecule has 2 aromatic carbocycles. The smallest absolute Gasteiger partial charge is 0.177 e. The third-order valence-electron chi connectivity index (χ3n) is 5.39. The summed E-state index contributed by atoms with van der Waals surface area (Å²) in [6.07, 6.45) is 3.52. The van der Waals surface area contributed by atoms with Crippen molar-refractivity contribution in [2.24, 2.45) is 0 Å². The van der Waals surface area contributed by atoms with Crippen LogP contribution in [0.5, 0.6) is 0 Å². The largest absolute Gasteiger partial charge is 0.367 e. The van der Waals surface area contributed by atoms with E-state index in [1.165, 1.54) is 29.5 Å². The number of hydrogen-bond donors (Lipinski definition) is 1.